The fourth-order valence-electron chi connectivity index (χ4n) is 2.18. The van der Waals surface area contributed by atoms with Gasteiger partial charge in [0.25, 0.3) is 0 Å². The predicted molar refractivity (Wildman–Crippen MR) is 93.6 cm³/mol. The van der Waals surface area contributed by atoms with Gasteiger partial charge in [-0.3, -0.25) is 5.41 Å². The van der Waals surface area contributed by atoms with E-state index < -0.39 is 0 Å². The molecule has 21 heavy (non-hydrogen) atoms. The van der Waals surface area contributed by atoms with E-state index in [9.17, 15) is 0 Å². The van der Waals surface area contributed by atoms with Crippen molar-refractivity contribution in [2.45, 2.75) is 40.5 Å². The minimum Gasteiger partial charge on any atom is -0.384 e. The van der Waals surface area contributed by atoms with Gasteiger partial charge in [0.15, 0.2) is 0 Å². The molecule has 1 aromatic rings. The second kappa shape index (κ2) is 8.28. The van der Waals surface area contributed by atoms with E-state index in [2.05, 4.69) is 32.6 Å². The molecule has 0 aliphatic heterocycles. The number of nitrogens with two attached hydrogens (primary N) is 1. The van der Waals surface area contributed by atoms with Crippen LogP contribution >= 0.6 is 11.6 Å². The summed E-state index contributed by atoms with van der Waals surface area (Å²) in [5.74, 6) is 1.38. The van der Waals surface area contributed by atoms with E-state index in [-0.39, 0.29) is 5.84 Å². The first-order valence-corrected chi connectivity index (χ1v) is 8.08. The smallest absolute Gasteiger partial charge is 0.124 e. The highest BCUT2D eigenvalue weighted by Crippen LogP contribution is 2.25. The van der Waals surface area contributed by atoms with Crippen molar-refractivity contribution in [2.24, 2.45) is 17.6 Å². The first kappa shape index (κ1) is 17.8. The molecule has 0 heterocycles. The maximum atomic E-state index is 7.79. The van der Waals surface area contributed by atoms with Gasteiger partial charge in [0, 0.05) is 29.4 Å². The van der Waals surface area contributed by atoms with Crippen LogP contribution < -0.4 is 10.6 Å². The first-order chi connectivity index (χ1) is 9.81. The van der Waals surface area contributed by atoms with E-state index in [1.165, 1.54) is 0 Å². The van der Waals surface area contributed by atoms with Crippen molar-refractivity contribution in [1.29, 1.82) is 5.41 Å². The summed E-state index contributed by atoms with van der Waals surface area (Å²) in [6.45, 7) is 10.9. The van der Waals surface area contributed by atoms with Crippen molar-refractivity contribution < 1.29 is 0 Å². The molecule has 0 fully saturated rings. The van der Waals surface area contributed by atoms with Crippen molar-refractivity contribution in [1.82, 2.24) is 0 Å². The zero-order chi connectivity index (χ0) is 16.0. The van der Waals surface area contributed by atoms with Crippen molar-refractivity contribution in [3.63, 3.8) is 0 Å². The van der Waals surface area contributed by atoms with E-state index in [4.69, 9.17) is 22.7 Å². The predicted octanol–water partition coefficient (Wildman–Crippen LogP) is 4.52. The van der Waals surface area contributed by atoms with Gasteiger partial charge in [-0.15, -0.1) is 0 Å². The molecule has 0 amide bonds. The van der Waals surface area contributed by atoms with Gasteiger partial charge < -0.3 is 10.6 Å². The summed E-state index contributed by atoms with van der Waals surface area (Å²) in [4.78, 5) is 2.34. The van der Waals surface area contributed by atoms with Crippen LogP contribution in [0.25, 0.3) is 0 Å². The van der Waals surface area contributed by atoms with Crippen LogP contribution in [0.5, 0.6) is 0 Å². The molecular formula is C17H28ClN3. The number of hydrogen-bond acceptors (Lipinski definition) is 2. The Hall–Kier alpha value is -1.22. The Bertz CT molecular complexity index is 457. The van der Waals surface area contributed by atoms with Gasteiger partial charge in [0.2, 0.25) is 0 Å². The average molecular weight is 310 g/mol. The van der Waals surface area contributed by atoms with E-state index in [1.807, 2.05) is 12.1 Å². The Morgan fingerprint density at radius 3 is 2.10 bits per heavy atom. The van der Waals surface area contributed by atoms with E-state index in [1.54, 1.807) is 6.07 Å². The van der Waals surface area contributed by atoms with E-state index in [0.29, 0.717) is 16.9 Å². The molecule has 0 aliphatic rings. The summed E-state index contributed by atoms with van der Waals surface area (Å²) in [5.41, 5.74) is 7.48. The van der Waals surface area contributed by atoms with E-state index >= 15 is 0 Å². The van der Waals surface area contributed by atoms with Crippen LogP contribution in [0, 0.1) is 17.2 Å². The molecule has 0 radical (unpaired) electrons. The summed E-state index contributed by atoms with van der Waals surface area (Å²) in [7, 11) is 0. The third kappa shape index (κ3) is 5.96. The summed E-state index contributed by atoms with van der Waals surface area (Å²) >= 11 is 6.05. The molecule has 1 rings (SSSR count). The molecule has 0 spiro atoms. The Morgan fingerprint density at radius 2 is 1.67 bits per heavy atom. The van der Waals surface area contributed by atoms with Crippen LogP contribution in [0.4, 0.5) is 5.69 Å². The Labute approximate surface area is 134 Å². The Kier molecular flexibility index (Phi) is 7.03. The number of rotatable bonds is 8. The topological polar surface area (TPSA) is 53.1 Å². The van der Waals surface area contributed by atoms with Gasteiger partial charge in [-0.2, -0.15) is 0 Å². The molecule has 4 heteroatoms. The van der Waals surface area contributed by atoms with E-state index in [0.717, 1.165) is 37.2 Å². The minimum absolute atomic E-state index is 0.0755. The molecular weight excluding hydrogens is 282 g/mol. The highest BCUT2D eigenvalue weighted by atomic mass is 35.5. The number of nitrogens with one attached hydrogen (secondary N) is 1. The summed E-state index contributed by atoms with van der Waals surface area (Å²) in [6, 6.07) is 5.65. The highest BCUT2D eigenvalue weighted by Gasteiger charge is 2.14. The maximum absolute atomic E-state index is 7.79. The number of benzene rings is 1. The molecule has 3 nitrogen and oxygen atoms in total. The SMILES string of the molecule is CC(C)CCN(CCC(C)C)c1ccc(Cl)cc1C(=N)N. The largest absolute Gasteiger partial charge is 0.384 e. The zero-order valence-electron chi connectivity index (χ0n) is 13.6. The lowest BCUT2D eigenvalue weighted by atomic mass is 10.1. The number of anilines is 1. The van der Waals surface area contributed by atoms with Gasteiger partial charge in [0.05, 0.1) is 0 Å². The van der Waals surface area contributed by atoms with Crippen LogP contribution in [0.1, 0.15) is 46.1 Å². The average Bonchev–Trinajstić information content (AvgIpc) is 2.38. The second-order valence-electron chi connectivity index (χ2n) is 6.43. The second-order valence-corrected chi connectivity index (χ2v) is 6.86. The Morgan fingerprint density at radius 1 is 1.14 bits per heavy atom. The molecule has 0 aromatic heterocycles. The van der Waals surface area contributed by atoms with Crippen LogP contribution in [0.3, 0.4) is 0 Å². The monoisotopic (exact) mass is 309 g/mol. The van der Waals surface area contributed by atoms with Gasteiger partial charge in [-0.05, 0) is 42.9 Å². The quantitative estimate of drug-likeness (QED) is 0.548. The zero-order valence-corrected chi connectivity index (χ0v) is 14.4. The van der Waals surface area contributed by atoms with Crippen LogP contribution in [-0.2, 0) is 0 Å². The lowest BCUT2D eigenvalue weighted by molar-refractivity contribution is 0.535. The van der Waals surface area contributed by atoms with Gasteiger partial charge in [-0.25, -0.2) is 0 Å². The number of amidine groups is 1. The lowest BCUT2D eigenvalue weighted by Gasteiger charge is -2.28. The minimum atomic E-state index is 0.0755. The fraction of sp³-hybridized carbons (Fsp3) is 0.588. The van der Waals surface area contributed by atoms with Crippen LogP contribution in [-0.4, -0.2) is 18.9 Å². The molecule has 0 unspecified atom stereocenters. The third-order valence-corrected chi connectivity index (χ3v) is 3.78. The van der Waals surface area contributed by atoms with Gasteiger partial charge in [-0.1, -0.05) is 39.3 Å². The molecule has 0 saturated heterocycles. The van der Waals surface area contributed by atoms with Crippen molar-refractivity contribution in [2.75, 3.05) is 18.0 Å². The summed E-state index contributed by atoms with van der Waals surface area (Å²) < 4.78 is 0. The molecule has 0 aliphatic carbocycles. The van der Waals surface area contributed by atoms with Crippen LogP contribution in [0.15, 0.2) is 18.2 Å². The van der Waals surface area contributed by atoms with Crippen molar-refractivity contribution in [3.8, 4) is 0 Å². The summed E-state index contributed by atoms with van der Waals surface area (Å²) in [5, 5.41) is 8.41. The highest BCUT2D eigenvalue weighted by molar-refractivity contribution is 6.31. The summed E-state index contributed by atoms with van der Waals surface area (Å²) in [6.07, 6.45) is 2.25. The van der Waals surface area contributed by atoms with Crippen LogP contribution in [0.2, 0.25) is 5.02 Å². The molecule has 0 bridgehead atoms. The number of nitrogens with zero attached hydrogens (tertiary/aromatic N) is 1. The number of nitrogen functional groups attached to an aromatic ring is 1. The molecule has 0 saturated carbocycles. The van der Waals surface area contributed by atoms with Crippen molar-refractivity contribution in [3.05, 3.63) is 28.8 Å². The molecule has 3 N–H and O–H groups in total. The number of hydrogen-bond donors (Lipinski definition) is 2. The normalized spacial score (nSPS) is 11.2. The first-order valence-electron chi connectivity index (χ1n) is 7.70. The molecule has 0 atom stereocenters. The number of halogens is 1. The molecule has 1 aromatic carbocycles. The Balaban J connectivity index is 3.02. The van der Waals surface area contributed by atoms with Gasteiger partial charge >= 0.3 is 0 Å². The standard InChI is InChI=1S/C17H28ClN3/c1-12(2)7-9-21(10-8-13(3)4)16-6-5-14(18)11-15(16)17(19)20/h5-6,11-13H,7-10H2,1-4H3,(H3,19,20). The van der Waals surface area contributed by atoms with Crippen molar-refractivity contribution >= 4 is 23.1 Å². The third-order valence-electron chi connectivity index (χ3n) is 3.54. The molecule has 118 valence electrons. The van der Waals surface area contributed by atoms with Gasteiger partial charge in [0.1, 0.15) is 5.84 Å². The maximum Gasteiger partial charge on any atom is 0.124 e. The fourth-order valence-corrected chi connectivity index (χ4v) is 2.35. The lowest BCUT2D eigenvalue weighted by Crippen LogP contribution is -2.30.